The van der Waals surface area contributed by atoms with E-state index in [0.717, 1.165) is 46.0 Å². The van der Waals surface area contributed by atoms with Crippen LogP contribution in [-0.2, 0) is 16.0 Å². The lowest BCUT2D eigenvalue weighted by atomic mass is 10.2. The van der Waals surface area contributed by atoms with Crippen molar-refractivity contribution in [2.75, 3.05) is 46.3 Å². The van der Waals surface area contributed by atoms with Crippen molar-refractivity contribution < 1.29 is 18.6 Å². The number of anilines is 1. The summed E-state index contributed by atoms with van der Waals surface area (Å²) in [6, 6.07) is 12.1. The van der Waals surface area contributed by atoms with Gasteiger partial charge in [-0.15, -0.1) is 11.3 Å². The average molecular weight is 483 g/mol. The topological polar surface area (TPSA) is 82.7 Å². The first-order valence-electron chi connectivity index (χ1n) is 10.8. The van der Waals surface area contributed by atoms with E-state index < -0.39 is 5.82 Å². The van der Waals surface area contributed by atoms with Crippen molar-refractivity contribution in [1.82, 2.24) is 14.9 Å². The van der Waals surface area contributed by atoms with E-state index in [4.69, 9.17) is 19.9 Å². The Hall–Kier alpha value is -3.11. The van der Waals surface area contributed by atoms with Crippen LogP contribution in [-0.4, -0.2) is 55.4 Å². The van der Waals surface area contributed by atoms with Gasteiger partial charge < -0.3 is 19.9 Å². The third kappa shape index (κ3) is 5.87. The molecular weight excluding hydrogens is 455 g/mol. The van der Waals surface area contributed by atoms with Crippen LogP contribution in [0.5, 0.6) is 11.5 Å². The molecule has 0 saturated heterocycles. The molecule has 0 unspecified atom stereocenters. The molecule has 0 radical (unpaired) electrons. The minimum absolute atomic E-state index is 0.116. The number of fused-ring (bicyclic) bond motifs is 1. The molecule has 0 aliphatic carbocycles. The maximum absolute atomic E-state index is 14.2. The van der Waals surface area contributed by atoms with Gasteiger partial charge in [0.2, 0.25) is 0 Å². The number of thiophene rings is 1. The van der Waals surface area contributed by atoms with E-state index >= 15 is 0 Å². The zero-order valence-corrected chi connectivity index (χ0v) is 20.0. The highest BCUT2D eigenvalue weighted by molar-refractivity contribution is 7.22. The number of nitrogens with two attached hydrogens (primary N) is 1. The van der Waals surface area contributed by atoms with E-state index in [9.17, 15) is 4.39 Å². The van der Waals surface area contributed by atoms with Crippen LogP contribution in [0, 0.1) is 5.82 Å². The van der Waals surface area contributed by atoms with Crippen LogP contribution in [0.15, 0.2) is 54.9 Å². The molecule has 34 heavy (non-hydrogen) atoms. The number of benzene rings is 1. The van der Waals surface area contributed by atoms with Gasteiger partial charge in [-0.2, -0.15) is 0 Å². The van der Waals surface area contributed by atoms with E-state index in [-0.39, 0.29) is 5.75 Å². The van der Waals surface area contributed by atoms with Crippen molar-refractivity contribution >= 4 is 27.2 Å². The summed E-state index contributed by atoms with van der Waals surface area (Å²) in [5.74, 6) is 0.142. The van der Waals surface area contributed by atoms with Gasteiger partial charge in [0.05, 0.1) is 34.0 Å². The molecule has 0 bridgehead atoms. The van der Waals surface area contributed by atoms with Crippen LogP contribution >= 0.6 is 11.3 Å². The lowest BCUT2D eigenvalue weighted by Gasteiger charge is -2.21. The number of hydrogen-bond donors (Lipinski definition) is 1. The molecule has 0 atom stereocenters. The van der Waals surface area contributed by atoms with Gasteiger partial charge in [-0.1, -0.05) is 6.07 Å². The molecule has 4 rings (SSSR count). The van der Waals surface area contributed by atoms with Gasteiger partial charge in [-0.25, -0.2) is 4.39 Å². The SMILES string of the molecule is COCCN(CCOC)Cc1ccc(-c2cc3nccc(Oc4ccc(N)cc4F)c3s2)nc1. The Morgan fingerprint density at radius 3 is 2.44 bits per heavy atom. The van der Waals surface area contributed by atoms with E-state index in [1.807, 2.05) is 18.3 Å². The number of pyridine rings is 2. The first kappa shape index (κ1) is 24.0. The molecular formula is C25H27FN4O3S. The lowest BCUT2D eigenvalue weighted by Crippen LogP contribution is -2.30. The van der Waals surface area contributed by atoms with Gasteiger partial charge in [0.1, 0.15) is 5.75 Å². The fraction of sp³-hybridized carbons (Fsp3) is 0.280. The Bertz CT molecular complexity index is 1220. The summed E-state index contributed by atoms with van der Waals surface area (Å²) < 4.78 is 31.3. The van der Waals surface area contributed by atoms with Crippen LogP contribution in [0.2, 0.25) is 0 Å². The first-order valence-corrected chi connectivity index (χ1v) is 11.7. The molecule has 0 aliphatic heterocycles. The number of methoxy groups -OCH3 is 2. The number of halogens is 1. The monoisotopic (exact) mass is 482 g/mol. The zero-order chi connectivity index (χ0) is 23.9. The second-order valence-electron chi connectivity index (χ2n) is 7.74. The molecule has 3 aromatic heterocycles. The van der Waals surface area contributed by atoms with Crippen molar-refractivity contribution in [1.29, 1.82) is 0 Å². The Morgan fingerprint density at radius 2 is 1.76 bits per heavy atom. The van der Waals surface area contributed by atoms with Gasteiger partial charge in [-0.3, -0.25) is 14.9 Å². The summed E-state index contributed by atoms with van der Waals surface area (Å²) in [5.41, 5.74) is 8.70. The first-order chi connectivity index (χ1) is 16.6. The number of nitrogen functional groups attached to an aromatic ring is 1. The quantitative estimate of drug-likeness (QED) is 0.302. The maximum atomic E-state index is 14.2. The normalized spacial score (nSPS) is 11.4. The minimum Gasteiger partial charge on any atom is -0.453 e. The van der Waals surface area contributed by atoms with Gasteiger partial charge in [0.15, 0.2) is 11.6 Å². The van der Waals surface area contributed by atoms with E-state index in [1.165, 1.54) is 23.5 Å². The zero-order valence-electron chi connectivity index (χ0n) is 19.2. The van der Waals surface area contributed by atoms with Crippen LogP contribution in [0.4, 0.5) is 10.1 Å². The van der Waals surface area contributed by atoms with Crippen molar-refractivity contribution in [3.8, 4) is 22.1 Å². The van der Waals surface area contributed by atoms with E-state index in [2.05, 4.69) is 20.9 Å². The molecule has 2 N–H and O–H groups in total. The van der Waals surface area contributed by atoms with Gasteiger partial charge in [0.25, 0.3) is 0 Å². The molecule has 7 nitrogen and oxygen atoms in total. The third-order valence-electron chi connectivity index (χ3n) is 5.26. The van der Waals surface area contributed by atoms with E-state index in [1.54, 1.807) is 32.5 Å². The molecule has 0 fully saturated rings. The van der Waals surface area contributed by atoms with Crippen molar-refractivity contribution in [2.45, 2.75) is 6.54 Å². The largest absolute Gasteiger partial charge is 0.453 e. The number of ether oxygens (including phenoxy) is 3. The Labute approximate surface area is 201 Å². The Kier molecular flexibility index (Phi) is 8.02. The van der Waals surface area contributed by atoms with E-state index in [0.29, 0.717) is 24.7 Å². The third-order valence-corrected chi connectivity index (χ3v) is 6.42. The van der Waals surface area contributed by atoms with Gasteiger partial charge in [0, 0.05) is 64.1 Å². The van der Waals surface area contributed by atoms with Crippen LogP contribution in [0.25, 0.3) is 20.8 Å². The van der Waals surface area contributed by atoms with Gasteiger partial charge >= 0.3 is 0 Å². The van der Waals surface area contributed by atoms with Crippen molar-refractivity contribution in [3.63, 3.8) is 0 Å². The van der Waals surface area contributed by atoms with Crippen LogP contribution in [0.1, 0.15) is 5.56 Å². The Morgan fingerprint density at radius 1 is 0.971 bits per heavy atom. The highest BCUT2D eigenvalue weighted by atomic mass is 32.1. The molecule has 1 aromatic carbocycles. The summed E-state index contributed by atoms with van der Waals surface area (Å²) in [5, 5.41) is 0. The second-order valence-corrected chi connectivity index (χ2v) is 8.79. The lowest BCUT2D eigenvalue weighted by molar-refractivity contribution is 0.110. The molecule has 0 spiro atoms. The fourth-order valence-electron chi connectivity index (χ4n) is 3.47. The summed E-state index contributed by atoms with van der Waals surface area (Å²) >= 11 is 1.51. The second kappa shape index (κ2) is 11.3. The highest BCUT2D eigenvalue weighted by Crippen LogP contribution is 2.39. The standard InChI is InChI=1S/C25H27FN4O3S/c1-31-11-9-30(10-12-32-2)16-17-3-5-20(29-15-17)24-14-21-25(34-24)23(7-8-28-21)33-22-6-4-18(27)13-19(22)26/h3-8,13-15H,9-12,16,27H2,1-2H3. The molecule has 0 amide bonds. The van der Waals surface area contributed by atoms with Crippen molar-refractivity contribution in [2.24, 2.45) is 0 Å². The summed E-state index contributed by atoms with van der Waals surface area (Å²) in [7, 11) is 3.40. The van der Waals surface area contributed by atoms with Gasteiger partial charge in [-0.05, 0) is 29.8 Å². The summed E-state index contributed by atoms with van der Waals surface area (Å²) in [6.07, 6.45) is 3.54. The van der Waals surface area contributed by atoms with Crippen LogP contribution in [0.3, 0.4) is 0 Å². The summed E-state index contributed by atoms with van der Waals surface area (Å²) in [6.45, 7) is 3.73. The molecule has 4 aromatic rings. The molecule has 0 aliphatic rings. The molecule has 9 heteroatoms. The summed E-state index contributed by atoms with van der Waals surface area (Å²) in [4.78, 5) is 12.3. The molecule has 178 valence electrons. The van der Waals surface area contributed by atoms with Crippen molar-refractivity contribution in [3.05, 3.63) is 66.2 Å². The number of nitrogens with zero attached hydrogens (tertiary/aromatic N) is 3. The number of hydrogen-bond acceptors (Lipinski definition) is 8. The fourth-order valence-corrected chi connectivity index (χ4v) is 4.51. The minimum atomic E-state index is -0.510. The predicted octanol–water partition coefficient (Wildman–Crippen LogP) is 4.97. The highest BCUT2D eigenvalue weighted by Gasteiger charge is 2.14. The molecule has 0 saturated carbocycles. The average Bonchev–Trinajstić information content (AvgIpc) is 3.28. The smallest absolute Gasteiger partial charge is 0.167 e. The maximum Gasteiger partial charge on any atom is 0.167 e. The Balaban J connectivity index is 1.53. The van der Waals surface area contributed by atoms with Crippen LogP contribution < -0.4 is 10.5 Å². The number of aromatic nitrogens is 2. The molecule has 3 heterocycles. The number of rotatable bonds is 11. The predicted molar refractivity (Wildman–Crippen MR) is 133 cm³/mol.